The summed E-state index contributed by atoms with van der Waals surface area (Å²) in [5.41, 5.74) is 6.13. The standard InChI is InChI=1S/C10H17N3O/c1-10(2,11)7-9(14)6-8-4-5-13(3)12-8/h4-5H,6-7,11H2,1-3H3. The number of aromatic nitrogens is 2. The number of Topliss-reactive ketones (excluding diaryl/α,β-unsaturated/α-hetero) is 1. The van der Waals surface area contributed by atoms with E-state index in [2.05, 4.69) is 5.10 Å². The van der Waals surface area contributed by atoms with Gasteiger partial charge in [0.25, 0.3) is 0 Å². The van der Waals surface area contributed by atoms with Crippen LogP contribution in [0.5, 0.6) is 0 Å². The Balaban J connectivity index is 2.50. The molecule has 0 aliphatic heterocycles. The van der Waals surface area contributed by atoms with Gasteiger partial charge in [-0.1, -0.05) is 0 Å². The topological polar surface area (TPSA) is 60.9 Å². The predicted octanol–water partition coefficient (Wildman–Crippen LogP) is 0.659. The quantitative estimate of drug-likeness (QED) is 0.767. The molecule has 0 unspecified atom stereocenters. The number of nitrogens with zero attached hydrogens (tertiary/aromatic N) is 2. The largest absolute Gasteiger partial charge is 0.325 e. The first-order valence-electron chi connectivity index (χ1n) is 4.66. The molecule has 0 aliphatic rings. The molecule has 0 amide bonds. The number of aryl methyl sites for hydroxylation is 1. The third kappa shape index (κ3) is 3.70. The molecule has 0 saturated carbocycles. The molecule has 14 heavy (non-hydrogen) atoms. The van der Waals surface area contributed by atoms with Gasteiger partial charge in [-0.3, -0.25) is 9.48 Å². The van der Waals surface area contributed by atoms with Crippen LogP contribution in [0, 0.1) is 0 Å². The Kier molecular flexibility index (Phi) is 3.06. The number of hydrogen-bond donors (Lipinski definition) is 1. The fraction of sp³-hybridized carbons (Fsp3) is 0.600. The molecule has 0 atom stereocenters. The Morgan fingerprint density at radius 3 is 2.71 bits per heavy atom. The van der Waals surface area contributed by atoms with Crippen molar-refractivity contribution in [2.75, 3.05) is 0 Å². The van der Waals surface area contributed by atoms with Gasteiger partial charge in [-0.05, 0) is 19.9 Å². The summed E-state index contributed by atoms with van der Waals surface area (Å²) in [6, 6.07) is 1.85. The number of ketones is 1. The zero-order valence-electron chi connectivity index (χ0n) is 8.95. The van der Waals surface area contributed by atoms with Crippen LogP contribution in [0.15, 0.2) is 12.3 Å². The van der Waals surface area contributed by atoms with Crippen molar-refractivity contribution in [2.24, 2.45) is 12.8 Å². The minimum atomic E-state index is -0.425. The van der Waals surface area contributed by atoms with Gasteiger partial charge in [0.2, 0.25) is 0 Å². The van der Waals surface area contributed by atoms with E-state index in [1.54, 1.807) is 4.68 Å². The first-order valence-corrected chi connectivity index (χ1v) is 4.66. The minimum Gasteiger partial charge on any atom is -0.325 e. The molecule has 0 saturated heterocycles. The van der Waals surface area contributed by atoms with E-state index < -0.39 is 5.54 Å². The number of rotatable bonds is 4. The van der Waals surface area contributed by atoms with Gasteiger partial charge in [0.05, 0.1) is 12.1 Å². The zero-order chi connectivity index (χ0) is 10.8. The maximum Gasteiger partial charge on any atom is 0.140 e. The molecule has 78 valence electrons. The summed E-state index contributed by atoms with van der Waals surface area (Å²) in [5, 5.41) is 4.14. The molecule has 0 bridgehead atoms. The van der Waals surface area contributed by atoms with Crippen LogP contribution >= 0.6 is 0 Å². The minimum absolute atomic E-state index is 0.135. The first-order chi connectivity index (χ1) is 6.37. The van der Waals surface area contributed by atoms with Crippen LogP contribution < -0.4 is 5.73 Å². The Morgan fingerprint density at radius 1 is 1.64 bits per heavy atom. The van der Waals surface area contributed by atoms with Crippen molar-refractivity contribution >= 4 is 5.78 Å². The molecular weight excluding hydrogens is 178 g/mol. The summed E-state index contributed by atoms with van der Waals surface area (Å²) < 4.78 is 1.69. The monoisotopic (exact) mass is 195 g/mol. The van der Waals surface area contributed by atoms with Crippen molar-refractivity contribution in [3.63, 3.8) is 0 Å². The molecule has 1 aromatic heterocycles. The Bertz CT molecular complexity index is 322. The summed E-state index contributed by atoms with van der Waals surface area (Å²) in [7, 11) is 1.83. The average Bonchev–Trinajstić information content (AvgIpc) is 2.30. The van der Waals surface area contributed by atoms with Gasteiger partial charge in [-0.2, -0.15) is 5.10 Å². The van der Waals surface area contributed by atoms with Crippen molar-refractivity contribution in [2.45, 2.75) is 32.2 Å². The smallest absolute Gasteiger partial charge is 0.140 e. The van der Waals surface area contributed by atoms with Crippen molar-refractivity contribution in [3.05, 3.63) is 18.0 Å². The lowest BCUT2D eigenvalue weighted by atomic mass is 9.97. The lowest BCUT2D eigenvalue weighted by molar-refractivity contribution is -0.119. The molecule has 0 radical (unpaired) electrons. The van der Waals surface area contributed by atoms with Crippen LogP contribution in [0.3, 0.4) is 0 Å². The molecular formula is C10H17N3O. The molecule has 0 spiro atoms. The molecule has 0 fully saturated rings. The summed E-state index contributed by atoms with van der Waals surface area (Å²) in [6.45, 7) is 3.70. The van der Waals surface area contributed by atoms with Gasteiger partial charge in [0.1, 0.15) is 5.78 Å². The maximum atomic E-state index is 11.5. The third-order valence-corrected chi connectivity index (χ3v) is 1.80. The van der Waals surface area contributed by atoms with E-state index in [1.807, 2.05) is 33.2 Å². The second-order valence-corrected chi connectivity index (χ2v) is 4.36. The Hall–Kier alpha value is -1.16. The van der Waals surface area contributed by atoms with Crippen LogP contribution in [0.25, 0.3) is 0 Å². The lowest BCUT2D eigenvalue weighted by Gasteiger charge is -2.16. The SMILES string of the molecule is Cn1ccc(CC(=O)CC(C)(C)N)n1. The van der Waals surface area contributed by atoms with Crippen LogP contribution in [-0.2, 0) is 18.3 Å². The van der Waals surface area contributed by atoms with Gasteiger partial charge in [-0.25, -0.2) is 0 Å². The summed E-state index contributed by atoms with van der Waals surface area (Å²) >= 11 is 0. The van der Waals surface area contributed by atoms with Gasteiger partial charge < -0.3 is 5.73 Å². The van der Waals surface area contributed by atoms with Crippen LogP contribution in [-0.4, -0.2) is 21.1 Å². The van der Waals surface area contributed by atoms with Gasteiger partial charge >= 0.3 is 0 Å². The van der Waals surface area contributed by atoms with Crippen molar-refractivity contribution in [1.29, 1.82) is 0 Å². The summed E-state index contributed by atoms with van der Waals surface area (Å²) in [5.74, 6) is 0.135. The van der Waals surface area contributed by atoms with Crippen molar-refractivity contribution in [1.82, 2.24) is 9.78 Å². The van der Waals surface area contributed by atoms with Crippen molar-refractivity contribution < 1.29 is 4.79 Å². The molecule has 0 aliphatic carbocycles. The van der Waals surface area contributed by atoms with Gasteiger partial charge in [0.15, 0.2) is 0 Å². The molecule has 4 heteroatoms. The lowest BCUT2D eigenvalue weighted by Crippen LogP contribution is -2.35. The number of carbonyl (C=O) groups excluding carboxylic acids is 1. The van der Waals surface area contributed by atoms with E-state index in [9.17, 15) is 4.79 Å². The maximum absolute atomic E-state index is 11.5. The zero-order valence-corrected chi connectivity index (χ0v) is 8.95. The van der Waals surface area contributed by atoms with Gasteiger partial charge in [0, 0.05) is 25.2 Å². The first kappa shape index (κ1) is 10.9. The number of carbonyl (C=O) groups is 1. The summed E-state index contributed by atoms with van der Waals surface area (Å²) in [6.07, 6.45) is 2.60. The highest BCUT2D eigenvalue weighted by molar-refractivity contribution is 5.81. The van der Waals surface area contributed by atoms with E-state index in [1.165, 1.54) is 0 Å². The highest BCUT2D eigenvalue weighted by Crippen LogP contribution is 2.07. The molecule has 0 aromatic carbocycles. The molecule has 1 aromatic rings. The van der Waals surface area contributed by atoms with Crippen LogP contribution in [0.1, 0.15) is 26.0 Å². The van der Waals surface area contributed by atoms with Gasteiger partial charge in [-0.15, -0.1) is 0 Å². The molecule has 1 heterocycles. The number of hydrogen-bond acceptors (Lipinski definition) is 3. The Morgan fingerprint density at radius 2 is 2.29 bits per heavy atom. The number of nitrogens with two attached hydrogens (primary N) is 1. The molecule has 4 nitrogen and oxygen atoms in total. The van der Waals surface area contributed by atoms with Crippen LogP contribution in [0.2, 0.25) is 0 Å². The van der Waals surface area contributed by atoms with E-state index >= 15 is 0 Å². The predicted molar refractivity (Wildman–Crippen MR) is 54.8 cm³/mol. The highest BCUT2D eigenvalue weighted by Gasteiger charge is 2.17. The average molecular weight is 195 g/mol. The highest BCUT2D eigenvalue weighted by atomic mass is 16.1. The van der Waals surface area contributed by atoms with Crippen molar-refractivity contribution in [3.8, 4) is 0 Å². The molecule has 1 rings (SSSR count). The Labute approximate surface area is 84.1 Å². The fourth-order valence-corrected chi connectivity index (χ4v) is 1.33. The van der Waals surface area contributed by atoms with E-state index in [4.69, 9.17) is 5.73 Å². The summed E-state index contributed by atoms with van der Waals surface area (Å²) in [4.78, 5) is 11.5. The third-order valence-electron chi connectivity index (χ3n) is 1.80. The van der Waals surface area contributed by atoms with E-state index in [-0.39, 0.29) is 5.78 Å². The normalized spacial score (nSPS) is 11.7. The van der Waals surface area contributed by atoms with Crippen LogP contribution in [0.4, 0.5) is 0 Å². The second-order valence-electron chi connectivity index (χ2n) is 4.36. The fourth-order valence-electron chi connectivity index (χ4n) is 1.33. The van der Waals surface area contributed by atoms with E-state index in [0.717, 1.165) is 5.69 Å². The van der Waals surface area contributed by atoms with E-state index in [0.29, 0.717) is 12.8 Å². The molecule has 2 N–H and O–H groups in total. The second kappa shape index (κ2) is 3.92.